The molecule has 2 aromatic carbocycles. The number of nitro groups is 1. The van der Waals surface area contributed by atoms with Crippen molar-refractivity contribution < 1.29 is 9.72 Å². The highest BCUT2D eigenvalue weighted by molar-refractivity contribution is 9.10. The number of hydrogen-bond donors (Lipinski definition) is 1. The van der Waals surface area contributed by atoms with Crippen molar-refractivity contribution in [1.82, 2.24) is 0 Å². The minimum atomic E-state index is -0.473. The van der Waals surface area contributed by atoms with Gasteiger partial charge in [0.2, 0.25) is 5.91 Å². The molecule has 1 aliphatic rings. The minimum absolute atomic E-state index is 0.0260. The van der Waals surface area contributed by atoms with Crippen LogP contribution in [0.5, 0.6) is 0 Å². The van der Waals surface area contributed by atoms with Gasteiger partial charge in [-0.3, -0.25) is 14.9 Å². The molecule has 0 saturated heterocycles. The topological polar surface area (TPSA) is 75.5 Å². The fourth-order valence-electron chi connectivity index (χ4n) is 2.93. The molecule has 24 heavy (non-hydrogen) atoms. The molecule has 1 heterocycles. The summed E-state index contributed by atoms with van der Waals surface area (Å²) in [5, 5.41) is 13.6. The lowest BCUT2D eigenvalue weighted by Crippen LogP contribution is -2.37. The first-order valence-corrected chi connectivity index (χ1v) is 8.33. The highest BCUT2D eigenvalue weighted by Gasteiger charge is 2.27. The summed E-state index contributed by atoms with van der Waals surface area (Å²) >= 11 is 3.26. The first-order valence-electron chi connectivity index (χ1n) is 7.54. The lowest BCUT2D eigenvalue weighted by Gasteiger charge is -2.24. The van der Waals surface area contributed by atoms with Gasteiger partial charge in [0.15, 0.2) is 0 Å². The monoisotopic (exact) mass is 389 g/mol. The molecule has 1 atom stereocenters. The molecule has 0 fully saturated rings. The number of fused-ring (bicyclic) bond motifs is 1. The van der Waals surface area contributed by atoms with Crippen molar-refractivity contribution in [2.45, 2.75) is 19.4 Å². The smallest absolute Gasteiger partial charge is 0.270 e. The number of halogens is 1. The van der Waals surface area contributed by atoms with Crippen molar-refractivity contribution in [3.63, 3.8) is 0 Å². The predicted molar refractivity (Wildman–Crippen MR) is 96.4 cm³/mol. The average molecular weight is 390 g/mol. The number of nitrogens with zero attached hydrogens (tertiary/aromatic N) is 2. The van der Waals surface area contributed by atoms with E-state index in [0.29, 0.717) is 10.2 Å². The van der Waals surface area contributed by atoms with E-state index in [2.05, 4.69) is 39.1 Å². The zero-order valence-corrected chi connectivity index (χ0v) is 14.6. The van der Waals surface area contributed by atoms with E-state index in [4.69, 9.17) is 0 Å². The molecule has 124 valence electrons. The third-order valence-corrected chi connectivity index (χ3v) is 4.76. The second kappa shape index (κ2) is 6.60. The van der Waals surface area contributed by atoms with Crippen LogP contribution in [0.3, 0.4) is 0 Å². The standard InChI is InChI=1S/C17H16BrN3O3/c1-11-8-12-4-2-3-5-16(12)20(11)10-17(22)19-15-7-6-13(21(23)24)9-14(15)18/h2-7,9,11H,8,10H2,1H3,(H,19,22)/t11-/m1/s1. The molecule has 0 radical (unpaired) electrons. The highest BCUT2D eigenvalue weighted by Crippen LogP contribution is 2.32. The number of non-ortho nitro benzene ring substituents is 1. The van der Waals surface area contributed by atoms with Gasteiger partial charge in [-0.15, -0.1) is 0 Å². The summed E-state index contributed by atoms with van der Waals surface area (Å²) < 4.78 is 0.486. The zero-order chi connectivity index (χ0) is 17.3. The summed E-state index contributed by atoms with van der Waals surface area (Å²) in [6.07, 6.45) is 0.921. The Kier molecular flexibility index (Phi) is 4.53. The van der Waals surface area contributed by atoms with Crippen LogP contribution in [0.25, 0.3) is 0 Å². The molecule has 0 bridgehead atoms. The van der Waals surface area contributed by atoms with Crippen LogP contribution in [0.4, 0.5) is 17.1 Å². The molecule has 3 rings (SSSR count). The summed E-state index contributed by atoms with van der Waals surface area (Å²) in [5.74, 6) is -0.159. The van der Waals surface area contributed by atoms with Crippen molar-refractivity contribution in [2.75, 3.05) is 16.8 Å². The van der Waals surface area contributed by atoms with Crippen LogP contribution < -0.4 is 10.2 Å². The van der Waals surface area contributed by atoms with E-state index < -0.39 is 4.92 Å². The van der Waals surface area contributed by atoms with Crippen LogP contribution in [-0.4, -0.2) is 23.4 Å². The average Bonchev–Trinajstić information content (AvgIpc) is 2.85. The minimum Gasteiger partial charge on any atom is -0.359 e. The Labute approximate surface area is 147 Å². The maximum Gasteiger partial charge on any atom is 0.270 e. The van der Waals surface area contributed by atoms with Crippen molar-refractivity contribution in [1.29, 1.82) is 0 Å². The lowest BCUT2D eigenvalue weighted by atomic mass is 10.1. The molecule has 2 aromatic rings. The van der Waals surface area contributed by atoms with Gasteiger partial charge in [0.1, 0.15) is 0 Å². The van der Waals surface area contributed by atoms with E-state index in [1.165, 1.54) is 23.8 Å². The maximum atomic E-state index is 12.4. The molecule has 0 saturated carbocycles. The number of amides is 1. The van der Waals surface area contributed by atoms with Crippen LogP contribution in [0.1, 0.15) is 12.5 Å². The summed E-state index contributed by atoms with van der Waals surface area (Å²) in [7, 11) is 0. The van der Waals surface area contributed by atoms with Crippen molar-refractivity contribution in [3.8, 4) is 0 Å². The van der Waals surface area contributed by atoms with Gasteiger partial charge in [0, 0.05) is 28.3 Å². The SMILES string of the molecule is C[C@@H]1Cc2ccccc2N1CC(=O)Nc1ccc([N+](=O)[O-])cc1Br. The van der Waals surface area contributed by atoms with Crippen LogP contribution in [0, 0.1) is 10.1 Å². The molecule has 6 nitrogen and oxygen atoms in total. The van der Waals surface area contributed by atoms with Crippen molar-refractivity contribution in [3.05, 3.63) is 62.6 Å². The molecular weight excluding hydrogens is 374 g/mol. The fourth-order valence-corrected chi connectivity index (χ4v) is 3.40. The molecular formula is C17H16BrN3O3. The van der Waals surface area contributed by atoms with Gasteiger partial charge in [0.05, 0.1) is 17.2 Å². The van der Waals surface area contributed by atoms with Crippen LogP contribution in [-0.2, 0) is 11.2 Å². The van der Waals surface area contributed by atoms with E-state index in [0.717, 1.165) is 12.1 Å². The van der Waals surface area contributed by atoms with Gasteiger partial charge in [-0.05, 0) is 47.0 Å². The van der Waals surface area contributed by atoms with Crippen molar-refractivity contribution in [2.24, 2.45) is 0 Å². The Balaban J connectivity index is 1.71. The molecule has 1 amide bonds. The number of hydrogen-bond acceptors (Lipinski definition) is 4. The highest BCUT2D eigenvalue weighted by atomic mass is 79.9. The molecule has 0 spiro atoms. The van der Waals surface area contributed by atoms with Crippen LogP contribution in [0.2, 0.25) is 0 Å². The third-order valence-electron chi connectivity index (χ3n) is 4.10. The number of benzene rings is 2. The van der Waals surface area contributed by atoms with E-state index in [1.54, 1.807) is 0 Å². The second-order valence-corrected chi connectivity index (χ2v) is 6.63. The summed E-state index contributed by atoms with van der Waals surface area (Å²) in [4.78, 5) is 24.7. The van der Waals surface area contributed by atoms with E-state index in [1.807, 2.05) is 18.2 Å². The van der Waals surface area contributed by atoms with Gasteiger partial charge >= 0.3 is 0 Å². The van der Waals surface area contributed by atoms with E-state index in [9.17, 15) is 14.9 Å². The zero-order valence-electron chi connectivity index (χ0n) is 13.0. The molecule has 0 aromatic heterocycles. The molecule has 0 unspecified atom stereocenters. The molecule has 7 heteroatoms. The first kappa shape index (κ1) is 16.4. The number of para-hydroxylation sites is 1. The maximum absolute atomic E-state index is 12.4. The Morgan fingerprint density at radius 2 is 2.12 bits per heavy atom. The quantitative estimate of drug-likeness (QED) is 0.638. The van der Waals surface area contributed by atoms with Gasteiger partial charge in [-0.1, -0.05) is 18.2 Å². The Morgan fingerprint density at radius 3 is 2.83 bits per heavy atom. The molecule has 1 N–H and O–H groups in total. The number of carbonyl (C=O) groups excluding carboxylic acids is 1. The number of carbonyl (C=O) groups is 1. The lowest BCUT2D eigenvalue weighted by molar-refractivity contribution is -0.384. The summed E-state index contributed by atoms with van der Waals surface area (Å²) in [6, 6.07) is 12.6. The Bertz CT molecular complexity index is 809. The Hall–Kier alpha value is -2.41. The number of nitrogens with one attached hydrogen (secondary N) is 1. The predicted octanol–water partition coefficient (Wildman–Crippen LogP) is 3.75. The Morgan fingerprint density at radius 1 is 1.38 bits per heavy atom. The molecule has 0 aliphatic carbocycles. The fraction of sp³-hybridized carbons (Fsp3) is 0.235. The summed E-state index contributed by atoms with van der Waals surface area (Å²) in [5.41, 5.74) is 2.82. The second-order valence-electron chi connectivity index (χ2n) is 5.78. The molecule has 1 aliphatic heterocycles. The van der Waals surface area contributed by atoms with Crippen LogP contribution in [0.15, 0.2) is 46.9 Å². The largest absolute Gasteiger partial charge is 0.359 e. The van der Waals surface area contributed by atoms with E-state index in [-0.39, 0.29) is 24.2 Å². The number of nitro benzene ring substituents is 1. The number of rotatable bonds is 4. The van der Waals surface area contributed by atoms with Crippen LogP contribution >= 0.6 is 15.9 Å². The van der Waals surface area contributed by atoms with Gasteiger partial charge in [0.25, 0.3) is 5.69 Å². The number of anilines is 2. The van der Waals surface area contributed by atoms with Gasteiger partial charge < -0.3 is 10.2 Å². The van der Waals surface area contributed by atoms with Crippen molar-refractivity contribution >= 4 is 38.9 Å². The van der Waals surface area contributed by atoms with Gasteiger partial charge in [-0.25, -0.2) is 0 Å². The normalized spacial score (nSPS) is 15.9. The van der Waals surface area contributed by atoms with E-state index >= 15 is 0 Å². The first-order chi connectivity index (χ1) is 11.5. The third kappa shape index (κ3) is 3.26. The summed E-state index contributed by atoms with van der Waals surface area (Å²) in [6.45, 7) is 2.33. The van der Waals surface area contributed by atoms with Gasteiger partial charge in [-0.2, -0.15) is 0 Å².